The molecule has 1 aliphatic heterocycles. The molecule has 1 aliphatic rings. The van der Waals surface area contributed by atoms with Gasteiger partial charge in [0.2, 0.25) is 0 Å². The lowest BCUT2D eigenvalue weighted by atomic mass is 9.97. The lowest BCUT2D eigenvalue weighted by Crippen LogP contribution is -2.47. The van der Waals surface area contributed by atoms with E-state index in [1.807, 2.05) is 6.07 Å². The molecule has 1 aromatic rings. The predicted octanol–water partition coefficient (Wildman–Crippen LogP) is 2.59. The highest BCUT2D eigenvalue weighted by molar-refractivity contribution is 14.0. The van der Waals surface area contributed by atoms with Gasteiger partial charge in [0, 0.05) is 32.7 Å². The van der Waals surface area contributed by atoms with E-state index in [-0.39, 0.29) is 35.9 Å². The van der Waals surface area contributed by atoms with E-state index >= 15 is 0 Å². The van der Waals surface area contributed by atoms with Gasteiger partial charge in [0.25, 0.3) is 0 Å². The third-order valence-electron chi connectivity index (χ3n) is 4.70. The van der Waals surface area contributed by atoms with Crippen LogP contribution in [0, 0.1) is 5.92 Å². The third-order valence-corrected chi connectivity index (χ3v) is 4.70. The van der Waals surface area contributed by atoms with Crippen molar-refractivity contribution >= 4 is 35.9 Å². The first-order chi connectivity index (χ1) is 12.6. The van der Waals surface area contributed by atoms with Gasteiger partial charge in [0.15, 0.2) is 5.96 Å². The Balaban J connectivity index is 0.00000364. The predicted molar refractivity (Wildman–Crippen MR) is 120 cm³/mol. The van der Waals surface area contributed by atoms with Gasteiger partial charge < -0.3 is 19.9 Å². The van der Waals surface area contributed by atoms with Crippen molar-refractivity contribution in [2.24, 2.45) is 10.9 Å². The number of ether oxygens (including phenoxy) is 1. The number of nitrogens with zero attached hydrogens (tertiary/aromatic N) is 3. The molecule has 1 aromatic carbocycles. The Morgan fingerprint density at radius 2 is 1.96 bits per heavy atom. The van der Waals surface area contributed by atoms with Crippen LogP contribution in [0.15, 0.2) is 35.3 Å². The van der Waals surface area contributed by atoms with E-state index in [4.69, 9.17) is 9.73 Å². The van der Waals surface area contributed by atoms with E-state index in [2.05, 4.69) is 53.4 Å². The average Bonchev–Trinajstić information content (AvgIpc) is 2.67. The SMILES string of the molecule is CCNC(=NCCN(C)Cc1ccccc1)N1CCC(C(=O)OC)CC1.I. The molecule has 1 heterocycles. The highest BCUT2D eigenvalue weighted by Crippen LogP contribution is 2.18. The number of carbonyl (C=O) groups is 1. The van der Waals surface area contributed by atoms with Crippen LogP contribution in [0.5, 0.6) is 0 Å². The van der Waals surface area contributed by atoms with Crippen molar-refractivity contribution in [1.82, 2.24) is 15.1 Å². The first-order valence-corrected chi connectivity index (χ1v) is 9.47. The smallest absolute Gasteiger partial charge is 0.308 e. The van der Waals surface area contributed by atoms with Crippen LogP contribution in [-0.2, 0) is 16.1 Å². The monoisotopic (exact) mass is 488 g/mol. The summed E-state index contributed by atoms with van der Waals surface area (Å²) in [5, 5.41) is 3.38. The number of hydrogen-bond acceptors (Lipinski definition) is 4. The van der Waals surface area contributed by atoms with Gasteiger partial charge in [0.1, 0.15) is 0 Å². The van der Waals surface area contributed by atoms with Gasteiger partial charge in [-0.2, -0.15) is 0 Å². The van der Waals surface area contributed by atoms with Crippen molar-refractivity contribution in [3.63, 3.8) is 0 Å². The Labute approximate surface area is 180 Å². The van der Waals surface area contributed by atoms with Gasteiger partial charge >= 0.3 is 5.97 Å². The summed E-state index contributed by atoms with van der Waals surface area (Å²) in [6.45, 7) is 7.19. The number of benzene rings is 1. The molecule has 152 valence electrons. The van der Waals surface area contributed by atoms with E-state index in [0.717, 1.165) is 58.1 Å². The van der Waals surface area contributed by atoms with E-state index in [1.165, 1.54) is 12.7 Å². The summed E-state index contributed by atoms with van der Waals surface area (Å²) in [5.41, 5.74) is 1.32. The number of methoxy groups -OCH3 is 1. The molecule has 1 saturated heterocycles. The van der Waals surface area contributed by atoms with Crippen molar-refractivity contribution in [2.45, 2.75) is 26.3 Å². The number of rotatable bonds is 7. The standard InChI is InChI=1S/C20H32N4O2.HI/c1-4-21-20(24-13-10-18(11-14-24)19(25)26-3)22-12-15-23(2)16-17-8-6-5-7-9-17;/h5-9,18H,4,10-16H2,1-3H3,(H,21,22);1H. The molecular weight excluding hydrogens is 455 g/mol. The summed E-state index contributed by atoms with van der Waals surface area (Å²) in [5.74, 6) is 0.884. The van der Waals surface area contributed by atoms with Crippen molar-refractivity contribution < 1.29 is 9.53 Å². The Bertz CT molecular complexity index is 575. The Hall–Kier alpha value is -1.35. The molecule has 7 heteroatoms. The fourth-order valence-corrected chi connectivity index (χ4v) is 3.22. The number of hydrogen-bond donors (Lipinski definition) is 1. The van der Waals surface area contributed by atoms with Crippen LogP contribution in [0.4, 0.5) is 0 Å². The van der Waals surface area contributed by atoms with Crippen LogP contribution in [-0.4, -0.2) is 68.6 Å². The zero-order valence-corrected chi connectivity index (χ0v) is 19.0. The summed E-state index contributed by atoms with van der Waals surface area (Å²) < 4.78 is 4.86. The Morgan fingerprint density at radius 3 is 2.56 bits per heavy atom. The number of likely N-dealkylation sites (N-methyl/N-ethyl adjacent to an activating group) is 1. The molecule has 0 aromatic heterocycles. The van der Waals surface area contributed by atoms with Gasteiger partial charge in [-0.05, 0) is 32.4 Å². The van der Waals surface area contributed by atoms with Gasteiger partial charge in [-0.1, -0.05) is 30.3 Å². The summed E-state index contributed by atoms with van der Waals surface area (Å²) in [7, 11) is 3.59. The summed E-state index contributed by atoms with van der Waals surface area (Å²) in [4.78, 5) is 21.0. The molecular formula is C20H33IN4O2. The highest BCUT2D eigenvalue weighted by atomic mass is 127. The molecule has 1 fully saturated rings. The largest absolute Gasteiger partial charge is 0.469 e. The molecule has 0 unspecified atom stereocenters. The Kier molecular flexibility index (Phi) is 11.3. The number of carbonyl (C=O) groups excluding carboxylic acids is 1. The Morgan fingerprint density at radius 1 is 1.30 bits per heavy atom. The molecule has 27 heavy (non-hydrogen) atoms. The van der Waals surface area contributed by atoms with E-state index in [9.17, 15) is 4.79 Å². The number of halogens is 1. The quantitative estimate of drug-likeness (QED) is 0.277. The summed E-state index contributed by atoms with van der Waals surface area (Å²) in [6.07, 6.45) is 1.65. The topological polar surface area (TPSA) is 57.2 Å². The van der Waals surface area contributed by atoms with Crippen molar-refractivity contribution in [3.05, 3.63) is 35.9 Å². The number of aliphatic imine (C=N–C) groups is 1. The molecule has 0 spiro atoms. The lowest BCUT2D eigenvalue weighted by Gasteiger charge is -2.33. The van der Waals surface area contributed by atoms with Crippen molar-refractivity contribution in [2.75, 3.05) is 46.9 Å². The first-order valence-electron chi connectivity index (χ1n) is 9.47. The van der Waals surface area contributed by atoms with E-state index < -0.39 is 0 Å². The zero-order valence-electron chi connectivity index (χ0n) is 16.7. The highest BCUT2D eigenvalue weighted by Gasteiger charge is 2.26. The molecule has 6 nitrogen and oxygen atoms in total. The number of likely N-dealkylation sites (tertiary alicyclic amines) is 1. The van der Waals surface area contributed by atoms with Crippen molar-refractivity contribution in [1.29, 1.82) is 0 Å². The minimum Gasteiger partial charge on any atom is -0.469 e. The minimum absolute atomic E-state index is 0. The molecule has 0 aliphatic carbocycles. The molecule has 0 bridgehead atoms. The minimum atomic E-state index is -0.0888. The second-order valence-electron chi connectivity index (χ2n) is 6.74. The summed E-state index contributed by atoms with van der Waals surface area (Å²) >= 11 is 0. The van der Waals surface area contributed by atoms with Gasteiger partial charge in [-0.15, -0.1) is 24.0 Å². The van der Waals surface area contributed by atoms with Crippen LogP contribution < -0.4 is 5.32 Å². The fourth-order valence-electron chi connectivity index (χ4n) is 3.22. The maximum atomic E-state index is 11.7. The van der Waals surface area contributed by atoms with Crippen LogP contribution in [0.3, 0.4) is 0 Å². The lowest BCUT2D eigenvalue weighted by molar-refractivity contribution is -0.146. The zero-order chi connectivity index (χ0) is 18.8. The summed E-state index contributed by atoms with van der Waals surface area (Å²) in [6, 6.07) is 10.5. The number of esters is 1. The molecule has 2 rings (SSSR count). The number of piperidine rings is 1. The molecule has 0 atom stereocenters. The van der Waals surface area contributed by atoms with E-state index in [1.54, 1.807) is 0 Å². The molecule has 0 amide bonds. The van der Waals surface area contributed by atoms with Crippen molar-refractivity contribution in [3.8, 4) is 0 Å². The average molecular weight is 488 g/mol. The van der Waals surface area contributed by atoms with Crippen LogP contribution in [0.2, 0.25) is 0 Å². The maximum absolute atomic E-state index is 11.7. The second kappa shape index (κ2) is 12.9. The van der Waals surface area contributed by atoms with Crippen LogP contribution >= 0.6 is 24.0 Å². The normalized spacial score (nSPS) is 15.4. The fraction of sp³-hybridized carbons (Fsp3) is 0.600. The molecule has 0 radical (unpaired) electrons. The van der Waals surface area contributed by atoms with Crippen LogP contribution in [0.25, 0.3) is 0 Å². The number of guanidine groups is 1. The third kappa shape index (κ3) is 8.04. The maximum Gasteiger partial charge on any atom is 0.308 e. The second-order valence-corrected chi connectivity index (χ2v) is 6.74. The van der Waals surface area contributed by atoms with Crippen LogP contribution in [0.1, 0.15) is 25.3 Å². The van der Waals surface area contributed by atoms with Gasteiger partial charge in [-0.3, -0.25) is 9.79 Å². The molecule has 0 saturated carbocycles. The first kappa shape index (κ1) is 23.7. The van der Waals surface area contributed by atoms with Gasteiger partial charge in [0.05, 0.1) is 19.6 Å². The van der Waals surface area contributed by atoms with E-state index in [0.29, 0.717) is 0 Å². The number of nitrogens with one attached hydrogen (secondary N) is 1. The molecule has 1 N–H and O–H groups in total. The van der Waals surface area contributed by atoms with Gasteiger partial charge in [-0.25, -0.2) is 0 Å².